The first kappa shape index (κ1) is 9.01. The van der Waals surface area contributed by atoms with Gasteiger partial charge in [0.25, 0.3) is 0 Å². The molecule has 50 valence electrons. The Morgan fingerprint density at radius 3 is 2.75 bits per heavy atom. The van der Waals surface area contributed by atoms with Crippen LogP contribution < -0.4 is 4.72 Å². The summed E-state index contributed by atoms with van der Waals surface area (Å²) < 4.78 is 3.06. The Labute approximate surface area is 64.3 Å². The molecule has 0 aromatic carbocycles. The van der Waals surface area contributed by atoms with Crippen molar-refractivity contribution in [2.45, 2.75) is 12.2 Å². The molecule has 0 bridgehead atoms. The first-order valence-corrected chi connectivity index (χ1v) is 5.53. The summed E-state index contributed by atoms with van der Waals surface area (Å²) in [7, 11) is 1.38. The summed E-state index contributed by atoms with van der Waals surface area (Å²) in [5, 5.41) is 0.689. The molecule has 0 saturated heterocycles. The van der Waals surface area contributed by atoms with Crippen LogP contribution in [0.1, 0.15) is 6.92 Å². The smallest absolute Gasteiger partial charge is 0.0183 e. The molecule has 0 aliphatic carbocycles. The Balaban J connectivity index is 2.86. The molecule has 0 amide bonds. The molecule has 1 N–H and O–H groups in total. The van der Waals surface area contributed by atoms with E-state index in [4.69, 9.17) is 0 Å². The van der Waals surface area contributed by atoms with Gasteiger partial charge in [0.1, 0.15) is 0 Å². The molecule has 0 rings (SSSR count). The van der Waals surface area contributed by atoms with Gasteiger partial charge in [-0.3, -0.25) is 4.72 Å². The third kappa shape index (κ3) is 5.15. The fraction of sp³-hybridized carbons (Fsp3) is 1.00. The lowest BCUT2D eigenvalue weighted by Crippen LogP contribution is -2.14. The van der Waals surface area contributed by atoms with Crippen LogP contribution in [0.3, 0.4) is 0 Å². The van der Waals surface area contributed by atoms with E-state index in [-0.39, 0.29) is 0 Å². The van der Waals surface area contributed by atoms with Gasteiger partial charge < -0.3 is 0 Å². The highest BCUT2D eigenvalue weighted by atomic mass is 33.1. The van der Waals surface area contributed by atoms with Gasteiger partial charge in [0.15, 0.2) is 0 Å². The second kappa shape index (κ2) is 6.13. The van der Waals surface area contributed by atoms with E-state index in [1.165, 1.54) is 11.0 Å². The van der Waals surface area contributed by atoms with E-state index in [2.05, 4.69) is 29.6 Å². The van der Waals surface area contributed by atoms with Crippen LogP contribution in [0.25, 0.3) is 0 Å². The summed E-state index contributed by atoms with van der Waals surface area (Å²) in [6.07, 6.45) is 2.11. The number of hydrogen-bond acceptors (Lipinski definition) is 4. The van der Waals surface area contributed by atoms with Crippen molar-refractivity contribution in [1.29, 1.82) is 0 Å². The average Bonchev–Trinajstić information content (AvgIpc) is 1.83. The summed E-state index contributed by atoms with van der Waals surface area (Å²) in [4.78, 5) is 0. The minimum absolute atomic E-state index is 0.689. The van der Waals surface area contributed by atoms with Gasteiger partial charge in [-0.1, -0.05) is 18.6 Å². The molecule has 1 atom stereocenters. The SMILES string of the molecule is CSC(C)CNSS. The average molecular weight is 169 g/mol. The number of nitrogens with one attached hydrogen (secondary N) is 1. The van der Waals surface area contributed by atoms with E-state index in [0.717, 1.165) is 6.54 Å². The van der Waals surface area contributed by atoms with E-state index in [1.54, 1.807) is 0 Å². The second-order valence-electron chi connectivity index (χ2n) is 1.49. The molecule has 0 spiro atoms. The van der Waals surface area contributed by atoms with Gasteiger partial charge in [-0.05, 0) is 17.2 Å². The molecule has 0 aromatic rings. The van der Waals surface area contributed by atoms with Crippen molar-refractivity contribution >= 4 is 34.4 Å². The van der Waals surface area contributed by atoms with Gasteiger partial charge in [0.05, 0.1) is 0 Å². The van der Waals surface area contributed by atoms with Crippen LogP contribution in [0.2, 0.25) is 0 Å². The van der Waals surface area contributed by atoms with E-state index < -0.39 is 0 Å². The Kier molecular flexibility index (Phi) is 6.91. The van der Waals surface area contributed by atoms with Crippen LogP contribution in [-0.4, -0.2) is 18.1 Å². The lowest BCUT2D eigenvalue weighted by Gasteiger charge is -2.05. The van der Waals surface area contributed by atoms with Crippen molar-refractivity contribution in [1.82, 2.24) is 4.72 Å². The molecule has 0 aromatic heterocycles. The number of thioether (sulfide) groups is 1. The van der Waals surface area contributed by atoms with Gasteiger partial charge in [0.2, 0.25) is 0 Å². The molecule has 0 radical (unpaired) electrons. The van der Waals surface area contributed by atoms with Crippen molar-refractivity contribution in [3.8, 4) is 0 Å². The third-order valence-corrected chi connectivity index (χ3v) is 2.49. The maximum Gasteiger partial charge on any atom is 0.0183 e. The lowest BCUT2D eigenvalue weighted by atomic mass is 10.5. The highest BCUT2D eigenvalue weighted by Crippen LogP contribution is 2.05. The summed E-state index contributed by atoms with van der Waals surface area (Å²) >= 11 is 5.79. The fourth-order valence-electron chi connectivity index (χ4n) is 0.238. The van der Waals surface area contributed by atoms with E-state index in [9.17, 15) is 0 Å². The van der Waals surface area contributed by atoms with Gasteiger partial charge in [0, 0.05) is 11.8 Å². The molecule has 8 heavy (non-hydrogen) atoms. The zero-order chi connectivity index (χ0) is 6.41. The standard InChI is InChI=1S/C4H11NS3/c1-4(7-2)3-5-8-6/h4-6H,3H2,1-2H3. The third-order valence-electron chi connectivity index (χ3n) is 0.838. The first-order chi connectivity index (χ1) is 3.81. The first-order valence-electron chi connectivity index (χ1n) is 2.37. The Morgan fingerprint density at radius 2 is 2.38 bits per heavy atom. The Hall–Kier alpha value is 1.01. The normalized spacial score (nSPS) is 13.9. The molecular weight excluding hydrogens is 158 g/mol. The van der Waals surface area contributed by atoms with Crippen molar-refractivity contribution in [3.63, 3.8) is 0 Å². The summed E-state index contributed by atoms with van der Waals surface area (Å²) in [6.45, 7) is 3.21. The number of hydrogen-bond donors (Lipinski definition) is 2. The molecule has 4 heteroatoms. The highest BCUT2D eigenvalue weighted by molar-refractivity contribution is 8.67. The molecule has 0 saturated carbocycles. The van der Waals surface area contributed by atoms with E-state index >= 15 is 0 Å². The van der Waals surface area contributed by atoms with Gasteiger partial charge in [-0.2, -0.15) is 11.8 Å². The molecule has 0 aliphatic rings. The molecule has 0 aliphatic heterocycles. The molecule has 0 fully saturated rings. The lowest BCUT2D eigenvalue weighted by molar-refractivity contribution is 0.902. The van der Waals surface area contributed by atoms with Crippen LogP contribution in [0.15, 0.2) is 0 Å². The van der Waals surface area contributed by atoms with Crippen LogP contribution in [0, 0.1) is 0 Å². The fourth-order valence-corrected chi connectivity index (χ4v) is 1.14. The second-order valence-corrected chi connectivity index (χ2v) is 3.78. The van der Waals surface area contributed by atoms with Gasteiger partial charge in [-0.15, -0.1) is 0 Å². The van der Waals surface area contributed by atoms with Gasteiger partial charge >= 0.3 is 0 Å². The molecule has 1 nitrogen and oxygen atoms in total. The topological polar surface area (TPSA) is 12.0 Å². The van der Waals surface area contributed by atoms with Crippen LogP contribution in [-0.2, 0) is 0 Å². The predicted octanol–water partition coefficient (Wildman–Crippen LogP) is 1.82. The summed E-state index contributed by atoms with van der Waals surface area (Å²) in [6, 6.07) is 0. The van der Waals surface area contributed by atoms with Crippen LogP contribution in [0.5, 0.6) is 0 Å². The monoisotopic (exact) mass is 169 g/mol. The molecular formula is C4H11NS3. The zero-order valence-electron chi connectivity index (χ0n) is 5.05. The highest BCUT2D eigenvalue weighted by Gasteiger charge is 1.94. The Bertz CT molecular complexity index is 50.5. The van der Waals surface area contributed by atoms with Crippen molar-refractivity contribution in [3.05, 3.63) is 0 Å². The van der Waals surface area contributed by atoms with E-state index in [1.807, 2.05) is 11.8 Å². The van der Waals surface area contributed by atoms with Gasteiger partial charge in [-0.25, -0.2) is 0 Å². The van der Waals surface area contributed by atoms with Crippen LogP contribution in [0.4, 0.5) is 0 Å². The Morgan fingerprint density at radius 1 is 1.75 bits per heavy atom. The minimum Gasteiger partial charge on any atom is -0.254 e. The maximum absolute atomic E-state index is 3.93. The van der Waals surface area contributed by atoms with E-state index in [0.29, 0.717) is 5.25 Å². The largest absolute Gasteiger partial charge is 0.254 e. The molecule has 0 heterocycles. The van der Waals surface area contributed by atoms with Crippen molar-refractivity contribution in [2.75, 3.05) is 12.8 Å². The zero-order valence-corrected chi connectivity index (χ0v) is 7.58. The number of thiol groups is 1. The quantitative estimate of drug-likeness (QED) is 0.378. The maximum atomic E-state index is 3.93. The van der Waals surface area contributed by atoms with Crippen molar-refractivity contribution in [2.24, 2.45) is 0 Å². The molecule has 1 unspecified atom stereocenters. The summed E-state index contributed by atoms with van der Waals surface area (Å²) in [5.41, 5.74) is 0. The number of rotatable bonds is 4. The predicted molar refractivity (Wildman–Crippen MR) is 47.6 cm³/mol. The van der Waals surface area contributed by atoms with Crippen molar-refractivity contribution < 1.29 is 0 Å². The summed E-state index contributed by atoms with van der Waals surface area (Å²) in [5.74, 6) is 0. The van der Waals surface area contributed by atoms with Crippen LogP contribution >= 0.6 is 34.4 Å². The minimum atomic E-state index is 0.689.